The van der Waals surface area contributed by atoms with Crippen LogP contribution in [0.5, 0.6) is 0 Å². The number of nitrogens with one attached hydrogen (secondary N) is 1. The molecule has 0 fully saturated rings. The van der Waals surface area contributed by atoms with Crippen LogP contribution >= 0.6 is 11.6 Å². The Bertz CT molecular complexity index is 443. The van der Waals surface area contributed by atoms with Crippen LogP contribution in [0.4, 0.5) is 0 Å². The van der Waals surface area contributed by atoms with Crippen molar-refractivity contribution in [1.82, 2.24) is 4.98 Å². The van der Waals surface area contributed by atoms with Crippen LogP contribution in [0.15, 0.2) is 18.2 Å². The minimum atomic E-state index is 0.806. The molecule has 0 aliphatic heterocycles. The summed E-state index contributed by atoms with van der Waals surface area (Å²) >= 11 is 6.07. The fraction of sp³-hybridized carbons (Fsp3) is 0.273. The summed E-state index contributed by atoms with van der Waals surface area (Å²) in [6, 6.07) is 6.03. The lowest BCUT2D eigenvalue weighted by Crippen LogP contribution is -1.79. The topological polar surface area (TPSA) is 15.8 Å². The molecule has 1 aromatic heterocycles. The van der Waals surface area contributed by atoms with E-state index in [0.29, 0.717) is 0 Å². The third-order valence-corrected chi connectivity index (χ3v) is 2.77. The molecule has 1 aromatic carbocycles. The maximum absolute atomic E-state index is 6.07. The third-order valence-electron chi connectivity index (χ3n) is 2.46. The zero-order chi connectivity index (χ0) is 9.42. The molecule has 0 aliphatic rings. The number of fused-ring (bicyclic) bond motifs is 1. The van der Waals surface area contributed by atoms with Gasteiger partial charge < -0.3 is 4.98 Å². The number of rotatable bonds is 1. The highest BCUT2D eigenvalue weighted by atomic mass is 35.5. The Morgan fingerprint density at radius 2 is 2.15 bits per heavy atom. The molecule has 13 heavy (non-hydrogen) atoms. The Balaban J connectivity index is 2.86. The first-order valence-electron chi connectivity index (χ1n) is 4.49. The van der Waals surface area contributed by atoms with Crippen LogP contribution in [-0.4, -0.2) is 4.98 Å². The largest absolute Gasteiger partial charge is 0.357 e. The summed E-state index contributed by atoms with van der Waals surface area (Å²) in [7, 11) is 0. The van der Waals surface area contributed by atoms with Gasteiger partial charge in [0.2, 0.25) is 0 Å². The molecule has 0 bridgehead atoms. The van der Waals surface area contributed by atoms with Gasteiger partial charge in [0.25, 0.3) is 0 Å². The van der Waals surface area contributed by atoms with Gasteiger partial charge in [-0.15, -0.1) is 0 Å². The minimum absolute atomic E-state index is 0.806. The summed E-state index contributed by atoms with van der Waals surface area (Å²) in [4.78, 5) is 3.31. The fourth-order valence-corrected chi connectivity index (χ4v) is 2.05. The van der Waals surface area contributed by atoms with Gasteiger partial charge in [-0.2, -0.15) is 0 Å². The molecule has 2 aromatic rings. The number of aromatic amines is 1. The predicted octanol–water partition coefficient (Wildman–Crippen LogP) is 3.69. The number of hydrogen-bond acceptors (Lipinski definition) is 0. The highest BCUT2D eigenvalue weighted by molar-refractivity contribution is 6.35. The lowest BCUT2D eigenvalue weighted by atomic mass is 10.1. The molecular weight excluding hydrogens is 182 g/mol. The molecule has 0 unspecified atom stereocenters. The van der Waals surface area contributed by atoms with Crippen molar-refractivity contribution < 1.29 is 0 Å². The average molecular weight is 194 g/mol. The number of halogens is 1. The van der Waals surface area contributed by atoms with Crippen LogP contribution in [0.25, 0.3) is 10.9 Å². The van der Waals surface area contributed by atoms with E-state index in [2.05, 4.69) is 24.9 Å². The number of aromatic nitrogens is 1. The molecular formula is C11H12ClN. The molecule has 2 heteroatoms. The zero-order valence-electron chi connectivity index (χ0n) is 7.82. The Morgan fingerprint density at radius 3 is 2.85 bits per heavy atom. The predicted molar refractivity (Wildman–Crippen MR) is 57.4 cm³/mol. The lowest BCUT2D eigenvalue weighted by Gasteiger charge is -1.95. The van der Waals surface area contributed by atoms with Gasteiger partial charge in [-0.3, -0.25) is 0 Å². The maximum Gasteiger partial charge on any atom is 0.0648 e. The molecule has 0 atom stereocenters. The Hall–Kier alpha value is -0.950. The van der Waals surface area contributed by atoms with Crippen molar-refractivity contribution in [3.63, 3.8) is 0 Å². The van der Waals surface area contributed by atoms with Crippen molar-refractivity contribution in [3.8, 4) is 0 Å². The fourth-order valence-electron chi connectivity index (χ4n) is 1.82. The van der Waals surface area contributed by atoms with E-state index in [1.54, 1.807) is 0 Å². The van der Waals surface area contributed by atoms with E-state index < -0.39 is 0 Å². The lowest BCUT2D eigenvalue weighted by molar-refractivity contribution is 1.11. The molecule has 1 N–H and O–H groups in total. The summed E-state index contributed by atoms with van der Waals surface area (Å²) in [5.41, 5.74) is 3.67. The van der Waals surface area contributed by atoms with Crippen LogP contribution in [0.3, 0.4) is 0 Å². The van der Waals surface area contributed by atoms with Gasteiger partial charge in [0.05, 0.1) is 10.5 Å². The second kappa shape index (κ2) is 3.08. The standard InChI is InChI=1S/C11H12ClN/c1-3-8-7(2)13-11-9(8)5-4-6-10(11)12/h4-6,13H,3H2,1-2H3. The molecule has 1 heterocycles. The molecule has 0 amide bonds. The van der Waals surface area contributed by atoms with Crippen LogP contribution in [0, 0.1) is 6.92 Å². The summed E-state index contributed by atoms with van der Waals surface area (Å²) in [6.07, 6.45) is 1.05. The van der Waals surface area contributed by atoms with Crippen molar-refractivity contribution in [1.29, 1.82) is 0 Å². The van der Waals surface area contributed by atoms with Gasteiger partial charge in [0.15, 0.2) is 0 Å². The Kier molecular flexibility index (Phi) is 2.04. The highest BCUT2D eigenvalue weighted by Crippen LogP contribution is 2.27. The first kappa shape index (κ1) is 8.64. The molecule has 0 saturated heterocycles. The van der Waals surface area contributed by atoms with Crippen molar-refractivity contribution in [2.24, 2.45) is 0 Å². The van der Waals surface area contributed by atoms with E-state index in [1.165, 1.54) is 16.6 Å². The molecule has 68 valence electrons. The van der Waals surface area contributed by atoms with E-state index in [4.69, 9.17) is 11.6 Å². The van der Waals surface area contributed by atoms with E-state index in [1.807, 2.05) is 12.1 Å². The van der Waals surface area contributed by atoms with Crippen molar-refractivity contribution in [2.45, 2.75) is 20.3 Å². The summed E-state index contributed by atoms with van der Waals surface area (Å²) < 4.78 is 0. The molecule has 0 spiro atoms. The summed E-state index contributed by atoms with van der Waals surface area (Å²) in [5, 5.41) is 2.06. The second-order valence-corrected chi connectivity index (χ2v) is 3.65. The molecule has 0 radical (unpaired) electrons. The smallest absolute Gasteiger partial charge is 0.0648 e. The number of aryl methyl sites for hydroxylation is 2. The van der Waals surface area contributed by atoms with Gasteiger partial charge >= 0.3 is 0 Å². The van der Waals surface area contributed by atoms with Gasteiger partial charge in [-0.05, 0) is 25.0 Å². The van der Waals surface area contributed by atoms with E-state index in [-0.39, 0.29) is 0 Å². The quantitative estimate of drug-likeness (QED) is 0.711. The normalized spacial score (nSPS) is 11.0. The van der Waals surface area contributed by atoms with E-state index >= 15 is 0 Å². The number of benzene rings is 1. The van der Waals surface area contributed by atoms with Crippen molar-refractivity contribution in [2.75, 3.05) is 0 Å². The van der Waals surface area contributed by atoms with E-state index in [9.17, 15) is 0 Å². The molecule has 0 saturated carbocycles. The number of para-hydroxylation sites is 1. The third kappa shape index (κ3) is 1.24. The van der Waals surface area contributed by atoms with Crippen LogP contribution in [0.2, 0.25) is 5.02 Å². The van der Waals surface area contributed by atoms with Crippen LogP contribution in [0.1, 0.15) is 18.2 Å². The molecule has 0 aliphatic carbocycles. The molecule has 1 nitrogen and oxygen atoms in total. The number of hydrogen-bond donors (Lipinski definition) is 1. The van der Waals surface area contributed by atoms with Crippen LogP contribution in [-0.2, 0) is 6.42 Å². The first-order chi connectivity index (χ1) is 6.24. The van der Waals surface area contributed by atoms with Gasteiger partial charge in [0.1, 0.15) is 0 Å². The average Bonchev–Trinajstić information content (AvgIpc) is 2.43. The van der Waals surface area contributed by atoms with Crippen molar-refractivity contribution >= 4 is 22.5 Å². The zero-order valence-corrected chi connectivity index (χ0v) is 8.57. The molecule has 2 rings (SSSR count). The summed E-state index contributed by atoms with van der Waals surface area (Å²) in [6.45, 7) is 4.26. The Morgan fingerprint density at radius 1 is 1.38 bits per heavy atom. The Labute approximate surface area is 82.7 Å². The number of H-pyrrole nitrogens is 1. The monoisotopic (exact) mass is 193 g/mol. The van der Waals surface area contributed by atoms with Crippen LogP contribution < -0.4 is 0 Å². The van der Waals surface area contributed by atoms with Gasteiger partial charge in [-0.1, -0.05) is 30.7 Å². The second-order valence-electron chi connectivity index (χ2n) is 3.24. The highest BCUT2D eigenvalue weighted by Gasteiger charge is 2.07. The van der Waals surface area contributed by atoms with Gasteiger partial charge in [0, 0.05) is 11.1 Å². The van der Waals surface area contributed by atoms with Crippen molar-refractivity contribution in [3.05, 3.63) is 34.5 Å². The minimum Gasteiger partial charge on any atom is -0.357 e. The SMILES string of the molecule is CCc1c(C)[nH]c2c(Cl)cccc12. The van der Waals surface area contributed by atoms with E-state index in [0.717, 1.165) is 17.0 Å². The first-order valence-corrected chi connectivity index (χ1v) is 4.87. The maximum atomic E-state index is 6.07. The summed E-state index contributed by atoms with van der Waals surface area (Å²) in [5.74, 6) is 0. The van der Waals surface area contributed by atoms with Gasteiger partial charge in [-0.25, -0.2) is 0 Å².